The molecule has 0 amide bonds. The summed E-state index contributed by atoms with van der Waals surface area (Å²) in [6, 6.07) is 101. The van der Waals surface area contributed by atoms with E-state index in [1.807, 2.05) is 72.8 Å². The SMILES string of the molecule is N#Cc1cccc(-c2ccc(-c3nc(-c4ccccc4)nc(-c4ccccc4)n3)c(-n3c4ccccc4c4cc(-n5c6ccccc6c6ccccc65)ccc43)c2)c1-n1c2ccccc2c2cc(-n3c4ccccc4c4ccccc43)ccc21. The number of fused-ring (bicyclic) bond motifs is 12. The van der Waals surface area contributed by atoms with Crippen molar-refractivity contribution in [2.24, 2.45) is 0 Å². The van der Waals surface area contributed by atoms with Crippen LogP contribution in [0.1, 0.15) is 5.56 Å². The van der Waals surface area contributed by atoms with E-state index in [0.717, 1.165) is 116 Å². The smallest absolute Gasteiger partial charge is 0.166 e. The first-order chi connectivity index (χ1) is 41.6. The Labute approximate surface area is 481 Å². The summed E-state index contributed by atoms with van der Waals surface area (Å²) >= 11 is 0. The summed E-state index contributed by atoms with van der Waals surface area (Å²) in [5, 5.41) is 20.5. The quantitative estimate of drug-likeness (QED) is 0.152. The molecule has 0 saturated carbocycles. The predicted molar refractivity (Wildman–Crippen MR) is 344 cm³/mol. The van der Waals surface area contributed by atoms with Crippen LogP contribution < -0.4 is 0 Å². The molecule has 8 nitrogen and oxygen atoms in total. The second-order valence-corrected chi connectivity index (χ2v) is 21.4. The summed E-state index contributed by atoms with van der Waals surface area (Å²) in [6.45, 7) is 0. The molecule has 0 aliphatic heterocycles. The minimum absolute atomic E-state index is 0.532. The summed E-state index contributed by atoms with van der Waals surface area (Å²) in [6.07, 6.45) is 0. The van der Waals surface area contributed by atoms with Crippen molar-refractivity contribution < 1.29 is 0 Å². The standard InChI is InChI=1S/C76H46N8/c77-47-51-24-19-31-54(73(51)84-69-37-18-12-30-60(69)63-46-53(40-43-71(63)84)82-66-34-15-9-27-57(66)58-28-10-16-35-67(58)82)50-38-41-61(76-79-74(48-20-3-1-4-21-48)78-75(80-76)49-22-5-2-6-23-49)72(44-50)83-68-36-17-11-29-59(68)62-45-52(39-42-70(62)83)81-64-32-13-7-25-55(64)56-26-8-14-33-65(56)81/h1-46H. The van der Waals surface area contributed by atoms with Gasteiger partial charge in [-0.2, -0.15) is 5.26 Å². The maximum Gasteiger partial charge on any atom is 0.166 e. The molecule has 0 unspecified atom stereocenters. The molecule has 12 aromatic carbocycles. The molecule has 0 atom stereocenters. The topological polar surface area (TPSA) is 82.2 Å². The van der Waals surface area contributed by atoms with E-state index in [9.17, 15) is 5.26 Å². The molecule has 0 saturated heterocycles. The molecule has 17 aromatic rings. The van der Waals surface area contributed by atoms with Crippen LogP contribution >= 0.6 is 0 Å². The van der Waals surface area contributed by atoms with Gasteiger partial charge in [0, 0.05) is 76.7 Å². The van der Waals surface area contributed by atoms with Crippen LogP contribution in [0.4, 0.5) is 0 Å². The van der Waals surface area contributed by atoms with Crippen LogP contribution in [0.25, 0.3) is 155 Å². The zero-order valence-corrected chi connectivity index (χ0v) is 45.1. The highest BCUT2D eigenvalue weighted by molar-refractivity contribution is 6.15. The summed E-state index contributed by atoms with van der Waals surface area (Å²) in [5.74, 6) is 1.68. The van der Waals surface area contributed by atoms with E-state index in [-0.39, 0.29) is 0 Å². The fraction of sp³-hybridized carbons (Fsp3) is 0. The molecule has 0 radical (unpaired) electrons. The number of rotatable bonds is 8. The van der Waals surface area contributed by atoms with Gasteiger partial charge in [0.25, 0.3) is 0 Å². The Morgan fingerprint density at radius 1 is 0.262 bits per heavy atom. The fourth-order valence-electron chi connectivity index (χ4n) is 13.2. The van der Waals surface area contributed by atoms with Crippen molar-refractivity contribution in [1.82, 2.24) is 33.2 Å². The average Bonchev–Trinajstić information content (AvgIpc) is 3.88. The zero-order valence-electron chi connectivity index (χ0n) is 45.1. The normalized spacial score (nSPS) is 11.8. The first kappa shape index (κ1) is 47.2. The van der Waals surface area contributed by atoms with E-state index in [1.54, 1.807) is 0 Å². The molecule has 0 bridgehead atoms. The second kappa shape index (κ2) is 18.7. The third-order valence-electron chi connectivity index (χ3n) is 16.9. The lowest BCUT2D eigenvalue weighted by molar-refractivity contribution is 1.06. The summed E-state index contributed by atoms with van der Waals surface area (Å²) in [4.78, 5) is 15.8. The van der Waals surface area contributed by atoms with E-state index >= 15 is 0 Å². The monoisotopic (exact) mass is 1070 g/mol. The summed E-state index contributed by atoms with van der Waals surface area (Å²) in [7, 11) is 0. The largest absolute Gasteiger partial charge is 0.309 e. The van der Waals surface area contributed by atoms with E-state index in [0.29, 0.717) is 23.0 Å². The van der Waals surface area contributed by atoms with Gasteiger partial charge in [-0.05, 0) is 96.6 Å². The van der Waals surface area contributed by atoms with Crippen LogP contribution in [0.3, 0.4) is 0 Å². The highest BCUT2D eigenvalue weighted by atomic mass is 15.1. The molecule has 84 heavy (non-hydrogen) atoms. The van der Waals surface area contributed by atoms with E-state index < -0.39 is 0 Å². The van der Waals surface area contributed by atoms with E-state index in [2.05, 4.69) is 231 Å². The van der Waals surface area contributed by atoms with Crippen LogP contribution in [-0.2, 0) is 0 Å². The van der Waals surface area contributed by atoms with Crippen molar-refractivity contribution in [3.63, 3.8) is 0 Å². The Kier molecular flexibility index (Phi) is 10.5. The Morgan fingerprint density at radius 3 is 1.11 bits per heavy atom. The van der Waals surface area contributed by atoms with Crippen LogP contribution in [0.5, 0.6) is 0 Å². The van der Waals surface area contributed by atoms with Crippen molar-refractivity contribution in [3.05, 3.63) is 285 Å². The van der Waals surface area contributed by atoms with Crippen molar-refractivity contribution in [3.8, 4) is 74.1 Å². The molecular weight excluding hydrogens is 1020 g/mol. The highest BCUT2D eigenvalue weighted by Gasteiger charge is 2.25. The van der Waals surface area contributed by atoms with Gasteiger partial charge in [0.2, 0.25) is 0 Å². The number of aromatic nitrogens is 7. The van der Waals surface area contributed by atoms with Gasteiger partial charge in [0.05, 0.1) is 61.1 Å². The maximum atomic E-state index is 11.3. The Bertz CT molecular complexity index is 5420. The van der Waals surface area contributed by atoms with E-state index in [1.165, 1.54) is 21.5 Å². The van der Waals surface area contributed by atoms with Crippen molar-refractivity contribution in [2.45, 2.75) is 0 Å². The molecule has 0 aliphatic rings. The predicted octanol–water partition coefficient (Wildman–Crippen LogP) is 18.8. The molecule has 0 fully saturated rings. The molecule has 8 heteroatoms. The molecule has 5 aromatic heterocycles. The Hall–Kier alpha value is -11.7. The number of para-hydroxylation sites is 7. The van der Waals surface area contributed by atoms with Gasteiger partial charge in [-0.25, -0.2) is 15.0 Å². The van der Waals surface area contributed by atoms with Crippen molar-refractivity contribution in [2.75, 3.05) is 0 Å². The van der Waals surface area contributed by atoms with Gasteiger partial charge in [-0.1, -0.05) is 188 Å². The molecule has 0 N–H and O–H groups in total. The zero-order chi connectivity index (χ0) is 55.4. The van der Waals surface area contributed by atoms with Gasteiger partial charge in [0.1, 0.15) is 6.07 Å². The van der Waals surface area contributed by atoms with Crippen LogP contribution in [0.2, 0.25) is 0 Å². The van der Waals surface area contributed by atoms with Gasteiger partial charge >= 0.3 is 0 Å². The molecule has 17 rings (SSSR count). The molecule has 390 valence electrons. The van der Waals surface area contributed by atoms with Gasteiger partial charge in [0.15, 0.2) is 17.5 Å². The highest BCUT2D eigenvalue weighted by Crippen LogP contribution is 2.44. The van der Waals surface area contributed by atoms with E-state index in [4.69, 9.17) is 15.0 Å². The first-order valence-electron chi connectivity index (χ1n) is 28.2. The second-order valence-electron chi connectivity index (χ2n) is 21.4. The average molecular weight is 1070 g/mol. The minimum Gasteiger partial charge on any atom is -0.309 e. The Morgan fingerprint density at radius 2 is 0.643 bits per heavy atom. The lowest BCUT2D eigenvalue weighted by Crippen LogP contribution is -2.05. The number of nitriles is 1. The van der Waals surface area contributed by atoms with Gasteiger partial charge < -0.3 is 18.3 Å². The third-order valence-corrected chi connectivity index (χ3v) is 16.9. The molecular formula is C76H46N8. The minimum atomic E-state index is 0.532. The van der Waals surface area contributed by atoms with Crippen molar-refractivity contribution >= 4 is 87.2 Å². The molecule has 0 aliphatic carbocycles. The van der Waals surface area contributed by atoms with Crippen LogP contribution in [0, 0.1) is 11.3 Å². The molecule has 0 spiro atoms. The summed E-state index contributed by atoms with van der Waals surface area (Å²) < 4.78 is 9.42. The van der Waals surface area contributed by atoms with Crippen LogP contribution in [-0.4, -0.2) is 33.2 Å². The third kappa shape index (κ3) is 7.16. The first-order valence-corrected chi connectivity index (χ1v) is 28.2. The number of benzene rings is 12. The number of nitrogens with zero attached hydrogens (tertiary/aromatic N) is 8. The van der Waals surface area contributed by atoms with Crippen molar-refractivity contribution in [1.29, 1.82) is 5.26 Å². The maximum absolute atomic E-state index is 11.3. The Balaban J connectivity index is 0.926. The lowest BCUT2D eigenvalue weighted by Gasteiger charge is -2.19. The summed E-state index contributed by atoms with van der Waals surface area (Å²) in [5.41, 5.74) is 17.4. The van der Waals surface area contributed by atoms with Gasteiger partial charge in [-0.15, -0.1) is 0 Å². The lowest BCUT2D eigenvalue weighted by atomic mass is 9.97. The number of hydrogen-bond donors (Lipinski definition) is 0. The van der Waals surface area contributed by atoms with Crippen LogP contribution in [0.15, 0.2) is 279 Å². The fourth-order valence-corrected chi connectivity index (χ4v) is 13.2. The molecule has 5 heterocycles. The number of hydrogen-bond acceptors (Lipinski definition) is 4. The van der Waals surface area contributed by atoms with Gasteiger partial charge in [-0.3, -0.25) is 0 Å².